The van der Waals surface area contributed by atoms with Gasteiger partial charge in [0, 0.05) is 5.69 Å². The number of carbonyl (C=O) groups excluding carboxylic acids is 2. The van der Waals surface area contributed by atoms with Gasteiger partial charge >= 0.3 is 5.97 Å². The highest BCUT2D eigenvalue weighted by molar-refractivity contribution is 6.02. The number of nitrogens with zero attached hydrogens (tertiary/aromatic N) is 1. The molecule has 6 heteroatoms. The molecular weight excluding hydrogens is 337 g/mol. The minimum atomic E-state index is -1.28. The van der Waals surface area contributed by atoms with Crippen LogP contribution in [-0.2, 0) is 14.3 Å². The van der Waals surface area contributed by atoms with Gasteiger partial charge in [-0.1, -0.05) is 18.2 Å². The molecule has 0 saturated heterocycles. The van der Waals surface area contributed by atoms with E-state index in [0.717, 1.165) is 0 Å². The fourth-order valence-corrected chi connectivity index (χ4v) is 2.39. The average Bonchev–Trinajstić information content (AvgIpc) is 2.62. The number of carbonyl (C=O) groups is 2. The van der Waals surface area contributed by atoms with Gasteiger partial charge in [-0.05, 0) is 57.2 Å². The molecule has 1 amide bonds. The van der Waals surface area contributed by atoms with Crippen molar-refractivity contribution in [2.45, 2.75) is 26.4 Å². The first-order valence-corrected chi connectivity index (χ1v) is 8.30. The van der Waals surface area contributed by atoms with Gasteiger partial charge in [-0.15, -0.1) is 0 Å². The number of anilines is 1. The van der Waals surface area contributed by atoms with Gasteiger partial charge in [0.2, 0.25) is 0 Å². The zero-order chi connectivity index (χ0) is 19.2. The number of hydrogen-bond acceptors (Lipinski definition) is 4. The van der Waals surface area contributed by atoms with Crippen LogP contribution in [-0.4, -0.2) is 30.6 Å². The Labute approximate surface area is 152 Å². The van der Waals surface area contributed by atoms with E-state index in [9.17, 15) is 14.0 Å². The van der Waals surface area contributed by atoms with Crippen molar-refractivity contribution < 1.29 is 23.5 Å². The summed E-state index contributed by atoms with van der Waals surface area (Å²) >= 11 is 0. The summed E-state index contributed by atoms with van der Waals surface area (Å²) in [5, 5.41) is 0. The first-order valence-electron chi connectivity index (χ1n) is 8.30. The second-order valence-corrected chi connectivity index (χ2v) is 6.10. The third kappa shape index (κ3) is 5.05. The Morgan fingerprint density at radius 2 is 1.65 bits per heavy atom. The largest absolute Gasteiger partial charge is 0.478 e. The van der Waals surface area contributed by atoms with Gasteiger partial charge < -0.3 is 9.47 Å². The topological polar surface area (TPSA) is 55.8 Å². The smallest absolute Gasteiger partial charge is 0.326 e. The van der Waals surface area contributed by atoms with Crippen molar-refractivity contribution in [2.75, 3.05) is 18.1 Å². The van der Waals surface area contributed by atoms with E-state index in [1.807, 2.05) is 6.07 Å². The summed E-state index contributed by atoms with van der Waals surface area (Å²) in [6, 6.07) is 14.2. The summed E-state index contributed by atoms with van der Waals surface area (Å²) in [6.07, 6.45) is 0. The second-order valence-electron chi connectivity index (χ2n) is 6.10. The summed E-state index contributed by atoms with van der Waals surface area (Å²) in [5.74, 6) is -0.966. The standard InChI is InChI=1S/C20H22FNO4/c1-4-25-18(23)14-22(16-8-6-5-7-9-16)19(24)20(2,3)26-17-12-10-15(21)11-13-17/h5-13H,4,14H2,1-3H3. The number of rotatable bonds is 7. The van der Waals surface area contributed by atoms with Crippen LogP contribution in [0, 0.1) is 5.82 Å². The summed E-state index contributed by atoms with van der Waals surface area (Å²) in [5.41, 5.74) is -0.721. The quantitative estimate of drug-likeness (QED) is 0.709. The third-order valence-corrected chi connectivity index (χ3v) is 3.61. The number of ether oxygens (including phenoxy) is 2. The minimum Gasteiger partial charge on any atom is -0.478 e. The van der Waals surface area contributed by atoms with Crippen LogP contribution in [0.15, 0.2) is 54.6 Å². The second kappa shape index (κ2) is 8.47. The first kappa shape index (κ1) is 19.4. The van der Waals surface area contributed by atoms with Gasteiger partial charge in [-0.2, -0.15) is 0 Å². The van der Waals surface area contributed by atoms with E-state index in [2.05, 4.69) is 0 Å². The normalized spacial score (nSPS) is 10.9. The highest BCUT2D eigenvalue weighted by Gasteiger charge is 2.36. The van der Waals surface area contributed by atoms with Crippen molar-refractivity contribution in [1.29, 1.82) is 0 Å². The Morgan fingerprint density at radius 1 is 1.04 bits per heavy atom. The fraction of sp³-hybridized carbons (Fsp3) is 0.300. The van der Waals surface area contributed by atoms with E-state index in [4.69, 9.17) is 9.47 Å². The highest BCUT2D eigenvalue weighted by atomic mass is 19.1. The fourth-order valence-electron chi connectivity index (χ4n) is 2.39. The Morgan fingerprint density at radius 3 is 2.23 bits per heavy atom. The summed E-state index contributed by atoms with van der Waals surface area (Å²) < 4.78 is 23.8. The molecule has 0 spiro atoms. The number of hydrogen-bond donors (Lipinski definition) is 0. The molecule has 2 aromatic rings. The van der Waals surface area contributed by atoms with Crippen molar-refractivity contribution >= 4 is 17.6 Å². The van der Waals surface area contributed by atoms with E-state index in [1.165, 1.54) is 29.2 Å². The number of halogens is 1. The molecule has 0 unspecified atom stereocenters. The molecule has 0 heterocycles. The Hall–Kier alpha value is -2.89. The van der Waals surface area contributed by atoms with Crippen LogP contribution in [0.5, 0.6) is 5.75 Å². The Bertz CT molecular complexity index is 744. The van der Waals surface area contributed by atoms with Crippen molar-refractivity contribution in [2.24, 2.45) is 0 Å². The Kier molecular flexibility index (Phi) is 6.33. The molecule has 0 aliphatic heterocycles. The van der Waals surface area contributed by atoms with Crippen molar-refractivity contribution in [3.63, 3.8) is 0 Å². The molecule has 0 aromatic heterocycles. The molecule has 0 aliphatic carbocycles. The number of amides is 1. The van der Waals surface area contributed by atoms with Gasteiger partial charge in [-0.3, -0.25) is 14.5 Å². The molecule has 26 heavy (non-hydrogen) atoms. The van der Waals surface area contributed by atoms with Crippen molar-refractivity contribution in [3.05, 3.63) is 60.4 Å². The molecule has 0 radical (unpaired) electrons. The van der Waals surface area contributed by atoms with Gasteiger partial charge in [0.25, 0.3) is 5.91 Å². The predicted octanol–water partition coefficient (Wildman–Crippen LogP) is 3.58. The van der Waals surface area contributed by atoms with Crippen LogP contribution in [0.4, 0.5) is 10.1 Å². The Balaban J connectivity index is 2.25. The molecule has 0 N–H and O–H groups in total. The molecule has 0 aliphatic rings. The first-order chi connectivity index (χ1) is 12.3. The average molecular weight is 359 g/mol. The van der Waals surface area contributed by atoms with Crippen molar-refractivity contribution in [3.8, 4) is 5.75 Å². The summed E-state index contributed by atoms with van der Waals surface area (Å²) in [4.78, 5) is 26.4. The maximum absolute atomic E-state index is 13.1. The number of para-hydroxylation sites is 1. The molecule has 0 saturated carbocycles. The summed E-state index contributed by atoms with van der Waals surface area (Å²) in [7, 11) is 0. The predicted molar refractivity (Wildman–Crippen MR) is 96.5 cm³/mol. The zero-order valence-corrected chi connectivity index (χ0v) is 15.1. The number of benzene rings is 2. The summed E-state index contributed by atoms with van der Waals surface area (Å²) in [6.45, 7) is 4.89. The minimum absolute atomic E-state index is 0.227. The molecule has 5 nitrogen and oxygen atoms in total. The molecule has 0 bridgehead atoms. The van der Waals surface area contributed by atoms with Gasteiger partial charge in [0.15, 0.2) is 5.60 Å². The third-order valence-electron chi connectivity index (χ3n) is 3.61. The van der Waals surface area contributed by atoms with E-state index in [1.54, 1.807) is 45.0 Å². The lowest BCUT2D eigenvalue weighted by Gasteiger charge is -2.32. The zero-order valence-electron chi connectivity index (χ0n) is 15.1. The monoisotopic (exact) mass is 359 g/mol. The van der Waals surface area contributed by atoms with Crippen LogP contribution >= 0.6 is 0 Å². The molecular formula is C20H22FNO4. The SMILES string of the molecule is CCOC(=O)CN(C(=O)C(C)(C)Oc1ccc(F)cc1)c1ccccc1. The van der Waals surface area contributed by atoms with Gasteiger partial charge in [-0.25, -0.2) is 4.39 Å². The highest BCUT2D eigenvalue weighted by Crippen LogP contribution is 2.24. The van der Waals surface area contributed by atoms with Crippen LogP contribution in [0.2, 0.25) is 0 Å². The van der Waals surface area contributed by atoms with E-state index >= 15 is 0 Å². The molecule has 0 fully saturated rings. The lowest BCUT2D eigenvalue weighted by Crippen LogP contribution is -2.51. The van der Waals surface area contributed by atoms with Crippen molar-refractivity contribution in [1.82, 2.24) is 0 Å². The lowest BCUT2D eigenvalue weighted by atomic mass is 10.1. The van der Waals surface area contributed by atoms with Gasteiger partial charge in [0.05, 0.1) is 6.61 Å². The molecule has 0 atom stereocenters. The van der Waals surface area contributed by atoms with E-state index in [-0.39, 0.29) is 13.2 Å². The molecule has 2 rings (SSSR count). The lowest BCUT2D eigenvalue weighted by molar-refractivity contribution is -0.143. The van der Waals surface area contributed by atoms with E-state index < -0.39 is 23.3 Å². The van der Waals surface area contributed by atoms with Gasteiger partial charge in [0.1, 0.15) is 18.1 Å². The van der Waals surface area contributed by atoms with Crippen LogP contribution < -0.4 is 9.64 Å². The van der Waals surface area contributed by atoms with Crippen LogP contribution in [0.25, 0.3) is 0 Å². The maximum atomic E-state index is 13.1. The molecule has 2 aromatic carbocycles. The van der Waals surface area contributed by atoms with Crippen LogP contribution in [0.3, 0.4) is 0 Å². The molecule has 138 valence electrons. The maximum Gasteiger partial charge on any atom is 0.326 e. The number of esters is 1. The van der Waals surface area contributed by atoms with E-state index in [0.29, 0.717) is 11.4 Å². The van der Waals surface area contributed by atoms with Crippen LogP contribution in [0.1, 0.15) is 20.8 Å².